The third kappa shape index (κ3) is 2.14. The van der Waals surface area contributed by atoms with Gasteiger partial charge in [0.25, 0.3) is 0 Å². The van der Waals surface area contributed by atoms with Crippen molar-refractivity contribution in [3.05, 3.63) is 82.9 Å². The summed E-state index contributed by atoms with van der Waals surface area (Å²) in [6.07, 6.45) is 9.20. The van der Waals surface area contributed by atoms with E-state index in [1.807, 2.05) is 0 Å². The van der Waals surface area contributed by atoms with Crippen molar-refractivity contribution in [3.8, 4) is 0 Å². The Labute approximate surface area is 134 Å². The molecule has 2 aromatic carbocycles. The van der Waals surface area contributed by atoms with E-state index in [0.717, 1.165) is 0 Å². The Morgan fingerprint density at radius 1 is 0.762 bits per heavy atom. The SMILES string of the molecule is [CH3][Zr]([Cl])([CH]1C=Cc2ccccc21)[CH]1C=Cc2ccccc21. The second-order valence-corrected chi connectivity index (χ2v) is 19.6. The molecule has 4 rings (SSSR count). The van der Waals surface area contributed by atoms with E-state index < -0.39 is 19.1 Å². The van der Waals surface area contributed by atoms with Crippen molar-refractivity contribution >= 4 is 20.7 Å². The van der Waals surface area contributed by atoms with Crippen molar-refractivity contribution in [2.75, 3.05) is 0 Å². The molecule has 2 aliphatic carbocycles. The van der Waals surface area contributed by atoms with E-state index in [-0.39, 0.29) is 0 Å². The van der Waals surface area contributed by atoms with Gasteiger partial charge in [-0.15, -0.1) is 0 Å². The van der Waals surface area contributed by atoms with Gasteiger partial charge in [0.1, 0.15) is 0 Å². The molecular formula is C19H17ClZr. The minimum absolute atomic E-state index is 0.456. The van der Waals surface area contributed by atoms with E-state index >= 15 is 0 Å². The van der Waals surface area contributed by atoms with Crippen LogP contribution in [0, 0.1) is 0 Å². The summed E-state index contributed by atoms with van der Waals surface area (Å²) in [4.78, 5) is 0. The van der Waals surface area contributed by atoms with Gasteiger partial charge in [-0.05, 0) is 0 Å². The summed E-state index contributed by atoms with van der Waals surface area (Å²) in [6, 6.07) is 17.4. The van der Waals surface area contributed by atoms with Crippen LogP contribution < -0.4 is 0 Å². The topological polar surface area (TPSA) is 0 Å². The van der Waals surface area contributed by atoms with Gasteiger partial charge in [-0.25, -0.2) is 0 Å². The molecule has 0 amide bonds. The van der Waals surface area contributed by atoms with E-state index in [4.69, 9.17) is 8.51 Å². The van der Waals surface area contributed by atoms with Crippen LogP contribution in [0.15, 0.2) is 60.7 Å². The standard InChI is InChI=1S/2C9H7.CH3.ClH.Zr/c2*1-2-5-9-7-3-6-8(9)4-1;;;/h2*1-7H;1H3;1H;/q;;;;+1/p-1. The first-order chi connectivity index (χ1) is 10.2. The molecular weight excluding hydrogens is 355 g/mol. The number of hydrogen-bond acceptors (Lipinski definition) is 0. The van der Waals surface area contributed by atoms with Gasteiger partial charge in [0.05, 0.1) is 0 Å². The molecule has 0 nitrogen and oxygen atoms in total. The van der Waals surface area contributed by atoms with Crippen LogP contribution in [0.5, 0.6) is 0 Å². The van der Waals surface area contributed by atoms with Crippen molar-refractivity contribution in [1.82, 2.24) is 0 Å². The fraction of sp³-hybridized carbons (Fsp3) is 0.158. The van der Waals surface area contributed by atoms with E-state index in [0.29, 0.717) is 7.25 Å². The summed E-state index contributed by atoms with van der Waals surface area (Å²) < 4.78 is 3.29. The van der Waals surface area contributed by atoms with Crippen molar-refractivity contribution in [2.24, 2.45) is 0 Å². The molecule has 0 bridgehead atoms. The predicted octanol–water partition coefficient (Wildman–Crippen LogP) is 5.88. The fourth-order valence-corrected chi connectivity index (χ4v) is 13.5. The Hall–Kier alpha value is -0.907. The number of fused-ring (bicyclic) bond motifs is 2. The third-order valence-corrected chi connectivity index (χ3v) is 16.1. The fourth-order valence-electron chi connectivity index (χ4n) is 3.68. The molecule has 2 aliphatic rings. The average Bonchev–Trinajstić information content (AvgIpc) is 3.12. The molecule has 0 saturated heterocycles. The molecule has 0 saturated carbocycles. The van der Waals surface area contributed by atoms with Crippen LogP contribution in [0.25, 0.3) is 12.2 Å². The number of rotatable bonds is 2. The van der Waals surface area contributed by atoms with Gasteiger partial charge in [0.2, 0.25) is 0 Å². The summed E-state index contributed by atoms with van der Waals surface area (Å²) in [7, 11) is 7.31. The first-order valence-electron chi connectivity index (χ1n) is 7.41. The summed E-state index contributed by atoms with van der Waals surface area (Å²) in [5.41, 5.74) is 5.56. The zero-order valence-electron chi connectivity index (χ0n) is 12.0. The molecule has 0 heterocycles. The van der Waals surface area contributed by atoms with E-state index in [9.17, 15) is 0 Å². The summed E-state index contributed by atoms with van der Waals surface area (Å²) in [6.45, 7) is 0. The first-order valence-corrected chi connectivity index (χ1v) is 15.9. The van der Waals surface area contributed by atoms with Gasteiger partial charge in [0.15, 0.2) is 0 Å². The van der Waals surface area contributed by atoms with Gasteiger partial charge in [-0.3, -0.25) is 0 Å². The van der Waals surface area contributed by atoms with Gasteiger partial charge >= 0.3 is 135 Å². The van der Waals surface area contributed by atoms with Crippen molar-refractivity contribution < 1.29 is 19.1 Å². The Morgan fingerprint density at radius 3 is 1.67 bits per heavy atom. The van der Waals surface area contributed by atoms with Gasteiger partial charge in [0, 0.05) is 0 Å². The zero-order valence-corrected chi connectivity index (χ0v) is 15.2. The van der Waals surface area contributed by atoms with Crippen LogP contribution in [0.2, 0.25) is 4.63 Å². The first kappa shape index (κ1) is 13.7. The maximum atomic E-state index is 7.31. The monoisotopic (exact) mass is 370 g/mol. The van der Waals surface area contributed by atoms with Crippen LogP contribution >= 0.6 is 8.51 Å². The molecule has 2 atom stereocenters. The quantitative estimate of drug-likeness (QED) is 0.618. The third-order valence-electron chi connectivity index (χ3n) is 4.81. The molecule has 0 fully saturated rings. The molecule has 0 aliphatic heterocycles. The molecule has 2 aromatic rings. The Morgan fingerprint density at radius 2 is 1.19 bits per heavy atom. The Balaban J connectivity index is 1.76. The number of allylic oxidation sites excluding steroid dienone is 2. The zero-order chi connectivity index (χ0) is 14.4. The van der Waals surface area contributed by atoms with E-state index in [2.05, 4.69) is 77.5 Å². The molecule has 104 valence electrons. The van der Waals surface area contributed by atoms with Gasteiger partial charge < -0.3 is 0 Å². The van der Waals surface area contributed by atoms with Gasteiger partial charge in [-0.1, -0.05) is 0 Å². The average molecular weight is 372 g/mol. The predicted molar refractivity (Wildman–Crippen MR) is 88.2 cm³/mol. The normalized spacial score (nSPS) is 24.7. The Kier molecular flexibility index (Phi) is 3.32. The van der Waals surface area contributed by atoms with Crippen molar-refractivity contribution in [3.63, 3.8) is 0 Å². The second-order valence-electron chi connectivity index (χ2n) is 6.08. The van der Waals surface area contributed by atoms with Crippen LogP contribution in [0.3, 0.4) is 0 Å². The summed E-state index contributed by atoms with van der Waals surface area (Å²) in [5.74, 6) is 0. The minimum atomic E-state index is -2.90. The van der Waals surface area contributed by atoms with Crippen molar-refractivity contribution in [2.45, 2.75) is 11.9 Å². The maximum absolute atomic E-state index is 7.31. The molecule has 0 radical (unpaired) electrons. The summed E-state index contributed by atoms with van der Waals surface area (Å²) >= 11 is -2.90. The number of hydrogen-bond donors (Lipinski definition) is 0. The van der Waals surface area contributed by atoms with E-state index in [1.165, 1.54) is 22.3 Å². The Bertz CT molecular complexity index is 694. The van der Waals surface area contributed by atoms with Crippen molar-refractivity contribution in [1.29, 1.82) is 0 Å². The molecule has 0 aromatic heterocycles. The summed E-state index contributed by atoms with van der Waals surface area (Å²) in [5, 5.41) is 0. The van der Waals surface area contributed by atoms with Crippen LogP contribution in [-0.2, 0) is 19.1 Å². The number of halogens is 1. The molecule has 0 N–H and O–H groups in total. The molecule has 2 unspecified atom stereocenters. The molecule has 2 heteroatoms. The molecule has 21 heavy (non-hydrogen) atoms. The number of benzene rings is 2. The van der Waals surface area contributed by atoms with Crippen LogP contribution in [0.4, 0.5) is 0 Å². The van der Waals surface area contributed by atoms with Crippen LogP contribution in [-0.4, -0.2) is 0 Å². The van der Waals surface area contributed by atoms with E-state index in [1.54, 1.807) is 0 Å². The second kappa shape index (κ2) is 5.08. The molecule has 0 spiro atoms. The van der Waals surface area contributed by atoms with Gasteiger partial charge in [-0.2, -0.15) is 0 Å². The van der Waals surface area contributed by atoms with Crippen LogP contribution in [0.1, 0.15) is 29.5 Å².